The smallest absolute Gasteiger partial charge is 0.220 e. The minimum Gasteiger partial charge on any atom is -0.394 e. The summed E-state index contributed by atoms with van der Waals surface area (Å²) in [5.74, 6) is -0.179. The average Bonchev–Trinajstić information content (AvgIpc) is 3.28. The molecule has 374 valence electrons. The fourth-order valence-electron chi connectivity index (χ4n) is 8.98. The number of aliphatic hydroxyl groups excluding tert-OH is 5. The van der Waals surface area contributed by atoms with Crippen molar-refractivity contribution in [2.24, 2.45) is 0 Å². The molecule has 0 aromatic rings. The zero-order valence-electron chi connectivity index (χ0n) is 41.4. The molecule has 9 nitrogen and oxygen atoms in total. The number of ether oxygens (including phenoxy) is 2. The van der Waals surface area contributed by atoms with Gasteiger partial charge in [0.2, 0.25) is 5.91 Å². The minimum atomic E-state index is -1.56. The first-order chi connectivity index (χ1) is 30.8. The van der Waals surface area contributed by atoms with E-state index in [9.17, 15) is 30.3 Å². The Morgan fingerprint density at radius 3 is 1.24 bits per heavy atom. The van der Waals surface area contributed by atoms with E-state index in [0.29, 0.717) is 6.42 Å². The van der Waals surface area contributed by atoms with Crippen LogP contribution in [0.3, 0.4) is 0 Å². The van der Waals surface area contributed by atoms with Gasteiger partial charge in [-0.3, -0.25) is 4.79 Å². The molecule has 7 atom stereocenters. The van der Waals surface area contributed by atoms with Gasteiger partial charge in [0.05, 0.1) is 25.4 Å². The number of rotatable bonds is 47. The molecule has 0 spiro atoms. The molecule has 63 heavy (non-hydrogen) atoms. The number of aliphatic hydroxyl groups is 5. The van der Waals surface area contributed by atoms with Crippen LogP contribution in [-0.4, -0.2) is 87.5 Å². The van der Waals surface area contributed by atoms with Crippen LogP contribution in [0.15, 0.2) is 12.2 Å². The third kappa shape index (κ3) is 34.8. The number of carbonyl (C=O) groups excluding carboxylic acids is 1. The molecule has 1 saturated heterocycles. The summed E-state index contributed by atoms with van der Waals surface area (Å²) in [6.07, 6.45) is 47.5. The van der Waals surface area contributed by atoms with Crippen LogP contribution in [0.25, 0.3) is 0 Å². The molecule has 1 heterocycles. The second-order valence-electron chi connectivity index (χ2n) is 19.4. The van der Waals surface area contributed by atoms with E-state index < -0.39 is 49.5 Å². The van der Waals surface area contributed by atoms with Crippen LogP contribution in [0, 0.1) is 0 Å². The van der Waals surface area contributed by atoms with Crippen molar-refractivity contribution in [3.05, 3.63) is 12.2 Å². The fraction of sp³-hybridized carbons (Fsp3) is 0.944. The zero-order valence-corrected chi connectivity index (χ0v) is 41.4. The fourth-order valence-corrected chi connectivity index (χ4v) is 8.98. The lowest BCUT2D eigenvalue weighted by molar-refractivity contribution is -0.302. The SMILES string of the molecule is CCCCCCCCCCCCCCCCCCCCCCCCCCCCCCCC/C=C/C(O)C(COC1OC(CO)C(O)C(O)C1O)NC(=O)CCCCCCCCCC. The summed E-state index contributed by atoms with van der Waals surface area (Å²) < 4.78 is 11.2. The van der Waals surface area contributed by atoms with Crippen LogP contribution in [0.1, 0.15) is 271 Å². The van der Waals surface area contributed by atoms with Crippen molar-refractivity contribution < 1.29 is 39.8 Å². The van der Waals surface area contributed by atoms with Gasteiger partial charge in [-0.25, -0.2) is 0 Å². The highest BCUT2D eigenvalue weighted by molar-refractivity contribution is 5.76. The second-order valence-corrected chi connectivity index (χ2v) is 19.4. The molecule has 6 N–H and O–H groups in total. The van der Waals surface area contributed by atoms with E-state index in [-0.39, 0.29) is 12.5 Å². The third-order valence-electron chi connectivity index (χ3n) is 13.4. The predicted molar refractivity (Wildman–Crippen MR) is 263 cm³/mol. The monoisotopic (exact) mass is 896 g/mol. The van der Waals surface area contributed by atoms with Crippen molar-refractivity contribution in [1.82, 2.24) is 5.32 Å². The first-order valence-corrected chi connectivity index (χ1v) is 27.4. The van der Waals surface area contributed by atoms with E-state index in [2.05, 4.69) is 19.2 Å². The Morgan fingerprint density at radius 1 is 0.524 bits per heavy atom. The summed E-state index contributed by atoms with van der Waals surface area (Å²) >= 11 is 0. The lowest BCUT2D eigenvalue weighted by Crippen LogP contribution is -2.60. The lowest BCUT2D eigenvalue weighted by Gasteiger charge is -2.40. The summed E-state index contributed by atoms with van der Waals surface area (Å²) in [7, 11) is 0. The molecule has 9 heteroatoms. The van der Waals surface area contributed by atoms with E-state index in [1.54, 1.807) is 6.08 Å². The largest absolute Gasteiger partial charge is 0.394 e. The van der Waals surface area contributed by atoms with Crippen LogP contribution >= 0.6 is 0 Å². The number of carbonyl (C=O) groups is 1. The normalized spacial score (nSPS) is 20.1. The van der Waals surface area contributed by atoms with Gasteiger partial charge in [0, 0.05) is 6.42 Å². The summed E-state index contributed by atoms with van der Waals surface area (Å²) in [5.41, 5.74) is 0. The third-order valence-corrected chi connectivity index (χ3v) is 13.4. The highest BCUT2D eigenvalue weighted by Gasteiger charge is 2.44. The number of allylic oxidation sites excluding steroid dienone is 1. The summed E-state index contributed by atoms with van der Waals surface area (Å²) in [5, 5.41) is 54.2. The maximum atomic E-state index is 12.9. The summed E-state index contributed by atoms with van der Waals surface area (Å²) in [6, 6.07) is -0.798. The van der Waals surface area contributed by atoms with Gasteiger partial charge in [0.1, 0.15) is 24.4 Å². The molecule has 0 saturated carbocycles. The van der Waals surface area contributed by atoms with Gasteiger partial charge in [0.25, 0.3) is 0 Å². The second kappa shape index (κ2) is 44.7. The summed E-state index contributed by atoms with van der Waals surface area (Å²) in [6.45, 7) is 3.76. The van der Waals surface area contributed by atoms with Crippen molar-refractivity contribution in [3.63, 3.8) is 0 Å². The topological polar surface area (TPSA) is 149 Å². The van der Waals surface area contributed by atoms with Crippen molar-refractivity contribution in [1.29, 1.82) is 0 Å². The maximum absolute atomic E-state index is 12.9. The first-order valence-electron chi connectivity index (χ1n) is 27.4. The van der Waals surface area contributed by atoms with Gasteiger partial charge in [-0.2, -0.15) is 0 Å². The molecule has 1 amide bonds. The number of hydrogen-bond donors (Lipinski definition) is 6. The van der Waals surface area contributed by atoms with E-state index in [1.165, 1.54) is 212 Å². The number of unbranched alkanes of at least 4 members (excludes halogenated alkanes) is 37. The molecule has 0 aromatic carbocycles. The Bertz CT molecular complexity index is 997. The van der Waals surface area contributed by atoms with Gasteiger partial charge in [0.15, 0.2) is 6.29 Å². The molecular weight excluding hydrogens is 791 g/mol. The van der Waals surface area contributed by atoms with Crippen LogP contribution in [0.4, 0.5) is 0 Å². The molecule has 0 radical (unpaired) electrons. The Kier molecular flexibility index (Phi) is 42.6. The molecule has 0 aliphatic carbocycles. The quantitative estimate of drug-likeness (QED) is 0.0261. The first kappa shape index (κ1) is 59.9. The number of nitrogens with one attached hydrogen (secondary N) is 1. The van der Waals surface area contributed by atoms with Crippen molar-refractivity contribution in [2.45, 2.75) is 314 Å². The Hall–Kier alpha value is -1.07. The Balaban J connectivity index is 2.08. The Labute approximate surface area is 388 Å². The van der Waals surface area contributed by atoms with E-state index in [4.69, 9.17) is 9.47 Å². The highest BCUT2D eigenvalue weighted by Crippen LogP contribution is 2.23. The van der Waals surface area contributed by atoms with Crippen LogP contribution in [0.2, 0.25) is 0 Å². The molecule has 0 bridgehead atoms. The predicted octanol–water partition coefficient (Wildman–Crippen LogP) is 12.8. The molecule has 1 fully saturated rings. The van der Waals surface area contributed by atoms with Crippen LogP contribution in [0.5, 0.6) is 0 Å². The van der Waals surface area contributed by atoms with E-state index >= 15 is 0 Å². The molecular formula is C54H105NO8. The van der Waals surface area contributed by atoms with Crippen LogP contribution in [-0.2, 0) is 14.3 Å². The van der Waals surface area contributed by atoms with Gasteiger partial charge in [-0.15, -0.1) is 0 Å². The zero-order chi connectivity index (χ0) is 45.9. The molecule has 0 aromatic heterocycles. The lowest BCUT2D eigenvalue weighted by atomic mass is 9.99. The standard InChI is InChI=1S/C54H105NO8/c1-3-5-7-9-11-13-14-15-16-17-18-19-20-21-22-23-24-25-26-27-28-29-30-31-32-33-34-35-36-37-39-41-43-48(57)47(55-50(58)44-42-40-38-12-10-8-6-4-2)46-62-54-53(61)52(60)51(59)49(45-56)63-54/h41,43,47-49,51-54,56-57,59-61H,3-40,42,44-46H2,1-2H3,(H,55,58)/b43-41+. The van der Waals surface area contributed by atoms with Crippen LogP contribution < -0.4 is 5.32 Å². The van der Waals surface area contributed by atoms with Crippen molar-refractivity contribution in [2.75, 3.05) is 13.2 Å². The van der Waals surface area contributed by atoms with Crippen molar-refractivity contribution >= 4 is 5.91 Å². The number of amides is 1. The molecule has 1 aliphatic rings. The maximum Gasteiger partial charge on any atom is 0.220 e. The average molecular weight is 896 g/mol. The summed E-state index contributed by atoms with van der Waals surface area (Å²) in [4.78, 5) is 12.9. The molecule has 1 aliphatic heterocycles. The van der Waals surface area contributed by atoms with Gasteiger partial charge < -0.3 is 40.3 Å². The minimum absolute atomic E-state index is 0.179. The number of hydrogen-bond acceptors (Lipinski definition) is 8. The molecule has 7 unspecified atom stereocenters. The van der Waals surface area contributed by atoms with E-state index in [0.717, 1.165) is 38.5 Å². The van der Waals surface area contributed by atoms with Gasteiger partial charge in [-0.05, 0) is 19.3 Å². The Morgan fingerprint density at radius 2 is 0.873 bits per heavy atom. The van der Waals surface area contributed by atoms with Gasteiger partial charge in [-0.1, -0.05) is 257 Å². The highest BCUT2D eigenvalue weighted by atomic mass is 16.7. The molecule has 1 rings (SSSR count). The van der Waals surface area contributed by atoms with Gasteiger partial charge >= 0.3 is 0 Å². The van der Waals surface area contributed by atoms with Crippen molar-refractivity contribution in [3.8, 4) is 0 Å². The van der Waals surface area contributed by atoms with E-state index in [1.807, 2.05) is 6.08 Å².